The van der Waals surface area contributed by atoms with E-state index in [0.29, 0.717) is 30.1 Å². The van der Waals surface area contributed by atoms with Gasteiger partial charge in [-0.25, -0.2) is 0 Å². The Morgan fingerprint density at radius 1 is 1.47 bits per heavy atom. The number of nitrogens with two attached hydrogens (primary N) is 1. The third-order valence-electron chi connectivity index (χ3n) is 3.52. The van der Waals surface area contributed by atoms with Crippen molar-refractivity contribution < 1.29 is 13.9 Å². The van der Waals surface area contributed by atoms with Gasteiger partial charge in [0.05, 0.1) is 6.10 Å². The molecule has 1 unspecified atom stereocenters. The van der Waals surface area contributed by atoms with Crippen LogP contribution in [0, 0.1) is 0 Å². The molecule has 0 aliphatic carbocycles. The number of likely N-dealkylation sites (tertiary alicyclic amines) is 1. The number of fused-ring (bicyclic) bond motifs is 1. The Labute approximate surface area is 110 Å². The molecule has 0 saturated carbocycles. The zero-order valence-corrected chi connectivity index (χ0v) is 10.8. The van der Waals surface area contributed by atoms with E-state index in [1.54, 1.807) is 36.3 Å². The third-order valence-corrected chi connectivity index (χ3v) is 3.52. The fourth-order valence-corrected chi connectivity index (χ4v) is 2.43. The van der Waals surface area contributed by atoms with Gasteiger partial charge in [0.25, 0.3) is 5.91 Å². The van der Waals surface area contributed by atoms with E-state index in [-0.39, 0.29) is 12.0 Å². The number of ether oxygens (including phenoxy) is 1. The average Bonchev–Trinajstić information content (AvgIpc) is 3.03. The lowest BCUT2D eigenvalue weighted by Gasteiger charge is -2.14. The fourth-order valence-electron chi connectivity index (χ4n) is 2.43. The number of anilines is 1. The normalized spacial score (nSPS) is 19.2. The molecule has 0 spiro atoms. The summed E-state index contributed by atoms with van der Waals surface area (Å²) >= 11 is 0. The summed E-state index contributed by atoms with van der Waals surface area (Å²) in [7, 11) is 1.67. The second-order valence-electron chi connectivity index (χ2n) is 4.81. The van der Waals surface area contributed by atoms with Crippen molar-refractivity contribution in [2.75, 3.05) is 25.9 Å². The standard InChI is InChI=1S/C14H16N2O3/c1-18-11-4-5-16(8-11)14(17)13-7-9-6-10(15)2-3-12(9)19-13/h2-3,6-7,11H,4-5,8,15H2,1H3. The van der Waals surface area contributed by atoms with E-state index in [9.17, 15) is 4.79 Å². The maximum Gasteiger partial charge on any atom is 0.289 e. The summed E-state index contributed by atoms with van der Waals surface area (Å²) in [5, 5.41) is 0.853. The summed E-state index contributed by atoms with van der Waals surface area (Å²) in [6, 6.07) is 7.09. The second-order valence-corrected chi connectivity index (χ2v) is 4.81. The van der Waals surface area contributed by atoms with Crippen LogP contribution in [0.1, 0.15) is 17.0 Å². The molecule has 1 saturated heterocycles. The van der Waals surface area contributed by atoms with Gasteiger partial charge in [0, 0.05) is 31.3 Å². The average molecular weight is 260 g/mol. The first kappa shape index (κ1) is 12.0. The fraction of sp³-hybridized carbons (Fsp3) is 0.357. The zero-order chi connectivity index (χ0) is 13.4. The quantitative estimate of drug-likeness (QED) is 0.837. The molecule has 5 nitrogen and oxygen atoms in total. The van der Waals surface area contributed by atoms with Gasteiger partial charge in [-0.15, -0.1) is 0 Å². The Morgan fingerprint density at radius 2 is 2.32 bits per heavy atom. The Morgan fingerprint density at radius 3 is 3.05 bits per heavy atom. The van der Waals surface area contributed by atoms with Crippen molar-refractivity contribution in [3.8, 4) is 0 Å². The first-order chi connectivity index (χ1) is 9.17. The topological polar surface area (TPSA) is 68.7 Å². The van der Waals surface area contributed by atoms with Gasteiger partial charge in [-0.3, -0.25) is 4.79 Å². The number of carbonyl (C=O) groups is 1. The van der Waals surface area contributed by atoms with Gasteiger partial charge in [-0.05, 0) is 30.7 Å². The number of hydrogen-bond donors (Lipinski definition) is 1. The first-order valence-corrected chi connectivity index (χ1v) is 6.28. The van der Waals surface area contributed by atoms with Crippen molar-refractivity contribution in [1.82, 2.24) is 4.90 Å². The number of methoxy groups -OCH3 is 1. The highest BCUT2D eigenvalue weighted by atomic mass is 16.5. The highest BCUT2D eigenvalue weighted by Crippen LogP contribution is 2.24. The molecule has 3 rings (SSSR count). The molecule has 100 valence electrons. The van der Waals surface area contributed by atoms with Crippen molar-refractivity contribution in [3.63, 3.8) is 0 Å². The highest BCUT2D eigenvalue weighted by Gasteiger charge is 2.28. The predicted molar refractivity (Wildman–Crippen MR) is 71.9 cm³/mol. The van der Waals surface area contributed by atoms with Crippen molar-refractivity contribution in [2.45, 2.75) is 12.5 Å². The van der Waals surface area contributed by atoms with E-state index >= 15 is 0 Å². The molecule has 1 amide bonds. The maximum absolute atomic E-state index is 12.3. The summed E-state index contributed by atoms with van der Waals surface area (Å²) in [6.45, 7) is 1.32. The van der Waals surface area contributed by atoms with Crippen LogP contribution in [0.3, 0.4) is 0 Å². The molecular formula is C14H16N2O3. The number of amides is 1. The monoisotopic (exact) mass is 260 g/mol. The Balaban J connectivity index is 1.86. The highest BCUT2D eigenvalue weighted by molar-refractivity contribution is 5.96. The second kappa shape index (κ2) is 4.59. The van der Waals surface area contributed by atoms with Crippen LogP contribution in [0.2, 0.25) is 0 Å². The summed E-state index contributed by atoms with van der Waals surface area (Å²) in [5.74, 6) is 0.270. The van der Waals surface area contributed by atoms with Crippen LogP contribution in [0.4, 0.5) is 5.69 Å². The Bertz CT molecular complexity index is 620. The van der Waals surface area contributed by atoms with Gasteiger partial charge in [0.1, 0.15) is 5.58 Å². The number of nitrogen functional groups attached to an aromatic ring is 1. The summed E-state index contributed by atoms with van der Waals surface area (Å²) < 4.78 is 10.8. The van der Waals surface area contributed by atoms with Gasteiger partial charge in [-0.2, -0.15) is 0 Å². The summed E-state index contributed by atoms with van der Waals surface area (Å²) in [5.41, 5.74) is 7.05. The van der Waals surface area contributed by atoms with Crippen molar-refractivity contribution in [2.24, 2.45) is 0 Å². The van der Waals surface area contributed by atoms with Crippen molar-refractivity contribution in [1.29, 1.82) is 0 Å². The predicted octanol–water partition coefficient (Wildman–Crippen LogP) is 1.88. The van der Waals surface area contributed by atoms with Gasteiger partial charge in [0.2, 0.25) is 0 Å². The van der Waals surface area contributed by atoms with Gasteiger partial charge in [0.15, 0.2) is 5.76 Å². The lowest BCUT2D eigenvalue weighted by Crippen LogP contribution is -2.29. The SMILES string of the molecule is COC1CCN(C(=O)c2cc3cc(N)ccc3o2)C1. The minimum atomic E-state index is -0.0886. The smallest absolute Gasteiger partial charge is 0.289 e. The molecule has 2 N–H and O–H groups in total. The van der Waals surface area contributed by atoms with Crippen LogP contribution in [-0.4, -0.2) is 37.1 Å². The van der Waals surface area contributed by atoms with E-state index in [1.165, 1.54) is 0 Å². The molecule has 1 aliphatic heterocycles. The molecular weight excluding hydrogens is 244 g/mol. The summed E-state index contributed by atoms with van der Waals surface area (Å²) in [4.78, 5) is 14.1. The van der Waals surface area contributed by atoms with Crippen LogP contribution in [0.5, 0.6) is 0 Å². The molecule has 1 fully saturated rings. The molecule has 0 bridgehead atoms. The van der Waals surface area contributed by atoms with Crippen LogP contribution in [0.15, 0.2) is 28.7 Å². The maximum atomic E-state index is 12.3. The number of benzene rings is 1. The number of carbonyl (C=O) groups excluding carboxylic acids is 1. The number of hydrogen-bond acceptors (Lipinski definition) is 4. The van der Waals surface area contributed by atoms with E-state index in [1.807, 2.05) is 0 Å². The number of rotatable bonds is 2. The number of nitrogens with zero attached hydrogens (tertiary/aromatic N) is 1. The minimum absolute atomic E-state index is 0.0886. The third kappa shape index (κ3) is 2.17. The van der Waals surface area contributed by atoms with Crippen LogP contribution >= 0.6 is 0 Å². The van der Waals surface area contributed by atoms with Crippen molar-refractivity contribution in [3.05, 3.63) is 30.0 Å². The van der Waals surface area contributed by atoms with E-state index in [0.717, 1.165) is 11.8 Å². The molecule has 1 aliphatic rings. The van der Waals surface area contributed by atoms with Crippen LogP contribution in [0.25, 0.3) is 11.0 Å². The molecule has 19 heavy (non-hydrogen) atoms. The molecule has 2 heterocycles. The molecule has 1 aromatic carbocycles. The molecule has 0 radical (unpaired) electrons. The molecule has 2 aromatic rings. The van der Waals surface area contributed by atoms with Gasteiger partial charge >= 0.3 is 0 Å². The first-order valence-electron chi connectivity index (χ1n) is 6.28. The van der Waals surface area contributed by atoms with Crippen molar-refractivity contribution >= 4 is 22.6 Å². The lowest BCUT2D eigenvalue weighted by atomic mass is 10.2. The van der Waals surface area contributed by atoms with Crippen LogP contribution < -0.4 is 5.73 Å². The zero-order valence-electron chi connectivity index (χ0n) is 10.8. The Hall–Kier alpha value is -2.01. The summed E-state index contributed by atoms with van der Waals surface area (Å²) in [6.07, 6.45) is 0.999. The van der Waals surface area contributed by atoms with E-state index < -0.39 is 0 Å². The van der Waals surface area contributed by atoms with Gasteiger partial charge in [-0.1, -0.05) is 0 Å². The van der Waals surface area contributed by atoms with Crippen LogP contribution in [-0.2, 0) is 4.74 Å². The molecule has 5 heteroatoms. The van der Waals surface area contributed by atoms with E-state index in [4.69, 9.17) is 14.9 Å². The Kier molecular flexibility index (Phi) is 2.91. The molecule has 1 atom stereocenters. The molecule has 1 aromatic heterocycles. The largest absolute Gasteiger partial charge is 0.451 e. The van der Waals surface area contributed by atoms with E-state index in [2.05, 4.69) is 0 Å². The minimum Gasteiger partial charge on any atom is -0.451 e. The lowest BCUT2D eigenvalue weighted by molar-refractivity contribution is 0.0698. The van der Waals surface area contributed by atoms with Gasteiger partial charge < -0.3 is 19.8 Å². The number of furan rings is 1.